The van der Waals surface area contributed by atoms with Crippen molar-refractivity contribution in [3.63, 3.8) is 0 Å². The minimum atomic E-state index is -0.990. The molecule has 0 radical (unpaired) electrons. The summed E-state index contributed by atoms with van der Waals surface area (Å²) in [6.07, 6.45) is 1.86. The molecule has 1 N–H and O–H groups in total. The van der Waals surface area contributed by atoms with Gasteiger partial charge in [0, 0.05) is 39.3 Å². The van der Waals surface area contributed by atoms with Gasteiger partial charge in [0.1, 0.15) is 5.69 Å². The Balaban J connectivity index is 1.57. The van der Waals surface area contributed by atoms with Gasteiger partial charge in [-0.3, -0.25) is 9.69 Å². The summed E-state index contributed by atoms with van der Waals surface area (Å²) in [5.41, 5.74) is 3.21. The third-order valence-electron chi connectivity index (χ3n) is 5.99. The van der Waals surface area contributed by atoms with E-state index in [1.54, 1.807) is 0 Å². The van der Waals surface area contributed by atoms with E-state index < -0.39 is 5.92 Å². The number of nitriles is 1. The zero-order valence-electron chi connectivity index (χ0n) is 19.1. The molecular formula is C26H30N6O. The molecule has 4 rings (SSSR count). The maximum absolute atomic E-state index is 12.8. The van der Waals surface area contributed by atoms with Crippen LogP contribution < -0.4 is 10.2 Å². The molecule has 1 atom stereocenters. The average molecular weight is 443 g/mol. The molecule has 1 amide bonds. The number of carbonyl (C=O) groups is 1. The van der Waals surface area contributed by atoms with Crippen molar-refractivity contribution in [1.29, 1.82) is 5.26 Å². The van der Waals surface area contributed by atoms with Gasteiger partial charge in [0.25, 0.3) is 0 Å². The van der Waals surface area contributed by atoms with Crippen molar-refractivity contribution in [2.45, 2.75) is 32.2 Å². The first-order valence-electron chi connectivity index (χ1n) is 11.6. The van der Waals surface area contributed by atoms with Gasteiger partial charge in [-0.15, -0.1) is 0 Å². The number of para-hydroxylation sites is 2. The number of anilines is 1. The molecule has 33 heavy (non-hydrogen) atoms. The van der Waals surface area contributed by atoms with Crippen LogP contribution in [0.5, 0.6) is 0 Å². The maximum atomic E-state index is 12.8. The van der Waals surface area contributed by atoms with Crippen LogP contribution in [0.25, 0.3) is 11.0 Å². The molecule has 1 saturated heterocycles. The lowest BCUT2D eigenvalue weighted by Gasteiger charge is -2.36. The fourth-order valence-electron chi connectivity index (χ4n) is 4.12. The summed E-state index contributed by atoms with van der Waals surface area (Å²) in [6, 6.07) is 20.3. The number of amides is 1. The number of hydrogen-bond acceptors (Lipinski definition) is 6. The number of unbranched alkanes of at least 4 members (excludes halogenated alkanes) is 1. The third-order valence-corrected chi connectivity index (χ3v) is 5.99. The van der Waals surface area contributed by atoms with Crippen LogP contribution in [0.3, 0.4) is 0 Å². The number of aromatic nitrogens is 2. The lowest BCUT2D eigenvalue weighted by Crippen LogP contribution is -2.47. The van der Waals surface area contributed by atoms with E-state index in [4.69, 9.17) is 9.97 Å². The summed E-state index contributed by atoms with van der Waals surface area (Å²) in [4.78, 5) is 27.1. The molecule has 2 aromatic carbocycles. The Bertz CT molecular complexity index is 1120. The molecule has 0 aliphatic carbocycles. The van der Waals surface area contributed by atoms with Crippen LogP contribution in [-0.4, -0.2) is 53.5 Å². The molecule has 1 aliphatic rings. The van der Waals surface area contributed by atoms with Crippen LogP contribution in [0.2, 0.25) is 0 Å². The van der Waals surface area contributed by atoms with Gasteiger partial charge in [0.2, 0.25) is 5.91 Å². The van der Waals surface area contributed by atoms with Crippen LogP contribution in [0.15, 0.2) is 54.6 Å². The molecular weight excluding hydrogens is 412 g/mol. The normalized spacial score (nSPS) is 15.2. The molecule has 1 aromatic heterocycles. The molecule has 0 spiro atoms. The summed E-state index contributed by atoms with van der Waals surface area (Å²) < 4.78 is 0. The van der Waals surface area contributed by atoms with Crippen LogP contribution in [0.1, 0.15) is 36.9 Å². The van der Waals surface area contributed by atoms with E-state index in [2.05, 4.69) is 52.4 Å². The minimum absolute atomic E-state index is 0.306. The van der Waals surface area contributed by atoms with Gasteiger partial charge in [-0.1, -0.05) is 55.8 Å². The van der Waals surface area contributed by atoms with Gasteiger partial charge in [-0.25, -0.2) is 9.97 Å². The number of fused-ring (bicyclic) bond motifs is 1. The smallest absolute Gasteiger partial charge is 0.243 e. The third kappa shape index (κ3) is 5.47. The van der Waals surface area contributed by atoms with Crippen molar-refractivity contribution in [1.82, 2.24) is 20.2 Å². The molecule has 3 aromatic rings. The molecule has 0 bridgehead atoms. The molecule has 7 nitrogen and oxygen atoms in total. The molecule has 0 unspecified atom stereocenters. The number of nitrogens with one attached hydrogen (secondary N) is 1. The van der Waals surface area contributed by atoms with Crippen LogP contribution in [0.4, 0.5) is 5.82 Å². The number of benzene rings is 2. The summed E-state index contributed by atoms with van der Waals surface area (Å²) in [7, 11) is 0. The van der Waals surface area contributed by atoms with Gasteiger partial charge < -0.3 is 10.2 Å². The number of carbonyl (C=O) groups excluding carboxylic acids is 1. The summed E-state index contributed by atoms with van der Waals surface area (Å²) in [5.74, 6) is -0.652. The van der Waals surface area contributed by atoms with Gasteiger partial charge in [-0.2, -0.15) is 5.26 Å². The average Bonchev–Trinajstić information content (AvgIpc) is 2.85. The molecule has 2 heterocycles. The highest BCUT2D eigenvalue weighted by Crippen LogP contribution is 2.28. The van der Waals surface area contributed by atoms with E-state index in [1.807, 2.05) is 30.3 Å². The minimum Gasteiger partial charge on any atom is -0.355 e. The molecule has 0 saturated carbocycles. The summed E-state index contributed by atoms with van der Waals surface area (Å²) in [5, 5.41) is 12.8. The van der Waals surface area contributed by atoms with E-state index >= 15 is 0 Å². The first-order valence-corrected chi connectivity index (χ1v) is 11.6. The highest BCUT2D eigenvalue weighted by atomic mass is 16.1. The zero-order valence-corrected chi connectivity index (χ0v) is 19.1. The Labute approximate surface area is 195 Å². The maximum Gasteiger partial charge on any atom is 0.243 e. The molecule has 170 valence electrons. The van der Waals surface area contributed by atoms with Crippen molar-refractivity contribution in [2.75, 3.05) is 37.6 Å². The van der Waals surface area contributed by atoms with Crippen molar-refractivity contribution >= 4 is 22.8 Å². The lowest BCUT2D eigenvalue weighted by molar-refractivity contribution is -0.121. The van der Waals surface area contributed by atoms with E-state index in [0.29, 0.717) is 23.6 Å². The molecule has 1 aliphatic heterocycles. The van der Waals surface area contributed by atoms with Crippen molar-refractivity contribution in [3.05, 3.63) is 65.9 Å². The predicted molar refractivity (Wildman–Crippen MR) is 130 cm³/mol. The molecule has 7 heteroatoms. The number of piperazine rings is 1. The fourth-order valence-corrected chi connectivity index (χ4v) is 4.12. The van der Waals surface area contributed by atoms with Crippen molar-refractivity contribution < 1.29 is 4.79 Å². The topological polar surface area (TPSA) is 85.1 Å². The first kappa shape index (κ1) is 22.7. The monoisotopic (exact) mass is 442 g/mol. The van der Waals surface area contributed by atoms with Gasteiger partial charge >= 0.3 is 0 Å². The number of nitrogens with zero attached hydrogens (tertiary/aromatic N) is 5. The number of hydrogen-bond donors (Lipinski definition) is 1. The number of rotatable bonds is 8. The Morgan fingerprint density at radius 2 is 1.70 bits per heavy atom. The second kappa shape index (κ2) is 10.9. The van der Waals surface area contributed by atoms with E-state index in [-0.39, 0.29) is 5.91 Å². The van der Waals surface area contributed by atoms with Crippen molar-refractivity contribution in [2.24, 2.45) is 0 Å². The summed E-state index contributed by atoms with van der Waals surface area (Å²) in [6.45, 7) is 6.82. The van der Waals surface area contributed by atoms with Crippen LogP contribution >= 0.6 is 0 Å². The Hall–Kier alpha value is -3.50. The van der Waals surface area contributed by atoms with Crippen molar-refractivity contribution in [3.8, 4) is 6.07 Å². The Kier molecular flexibility index (Phi) is 7.48. The van der Waals surface area contributed by atoms with Gasteiger partial charge in [-0.05, 0) is 24.1 Å². The Morgan fingerprint density at radius 3 is 2.36 bits per heavy atom. The van der Waals surface area contributed by atoms with Crippen LogP contribution in [-0.2, 0) is 11.3 Å². The largest absolute Gasteiger partial charge is 0.355 e. The quantitative estimate of drug-likeness (QED) is 0.538. The second-order valence-corrected chi connectivity index (χ2v) is 8.38. The van der Waals surface area contributed by atoms with Gasteiger partial charge in [0.05, 0.1) is 17.1 Å². The van der Waals surface area contributed by atoms with Gasteiger partial charge in [0.15, 0.2) is 11.7 Å². The lowest BCUT2D eigenvalue weighted by atomic mass is 10.0. The first-order chi connectivity index (χ1) is 16.2. The van der Waals surface area contributed by atoms with E-state index in [9.17, 15) is 10.1 Å². The van der Waals surface area contributed by atoms with Crippen LogP contribution in [0, 0.1) is 11.3 Å². The highest BCUT2D eigenvalue weighted by Gasteiger charge is 2.30. The zero-order chi connectivity index (χ0) is 23.0. The standard InChI is InChI=1S/C26H30N6O/c1-2-3-13-28-26(33)21(18-27)24-25(30-23-12-8-7-11-22(23)29-24)32-16-14-31(15-17-32)19-20-9-5-4-6-10-20/h4-12,21H,2-3,13-17,19H2,1H3,(H,28,33)/t21-/m1/s1. The molecule has 1 fully saturated rings. The second-order valence-electron chi connectivity index (χ2n) is 8.38. The SMILES string of the molecule is CCCCNC(=O)[C@H](C#N)c1nc2ccccc2nc1N1CCN(Cc2ccccc2)CC1. The van der Waals surface area contributed by atoms with E-state index in [1.165, 1.54) is 5.56 Å². The fraction of sp³-hybridized carbons (Fsp3) is 0.385. The van der Waals surface area contributed by atoms with E-state index in [0.717, 1.165) is 51.1 Å². The summed E-state index contributed by atoms with van der Waals surface area (Å²) >= 11 is 0. The Morgan fingerprint density at radius 1 is 1.03 bits per heavy atom. The highest BCUT2D eigenvalue weighted by molar-refractivity contribution is 5.88. The predicted octanol–water partition coefficient (Wildman–Crippen LogP) is 3.48.